The highest BCUT2D eigenvalue weighted by atomic mass is 32.2. The molecule has 3 rings (SSSR count). The second kappa shape index (κ2) is 6.78. The van der Waals surface area contributed by atoms with Gasteiger partial charge in [0.15, 0.2) is 0 Å². The molecular formula is C17H23N3O4S. The molecule has 0 radical (unpaired) electrons. The third kappa shape index (κ3) is 3.70. The third-order valence-electron chi connectivity index (χ3n) is 4.76. The Labute approximate surface area is 147 Å². The lowest BCUT2D eigenvalue weighted by Gasteiger charge is -2.18. The van der Waals surface area contributed by atoms with Crippen molar-refractivity contribution in [2.75, 3.05) is 32.9 Å². The number of β-amino-alcohol motifs (C(OH)–C–C–N with tert-alkyl or cyclic N) is 1. The number of sulfonamides is 1. The Balaban J connectivity index is 1.68. The first-order valence-electron chi connectivity index (χ1n) is 8.19. The zero-order valence-electron chi connectivity index (χ0n) is 14.3. The fourth-order valence-electron chi connectivity index (χ4n) is 3.19. The van der Waals surface area contributed by atoms with Gasteiger partial charge < -0.3 is 15.0 Å². The van der Waals surface area contributed by atoms with E-state index in [1.807, 2.05) is 30.5 Å². The van der Waals surface area contributed by atoms with Crippen LogP contribution in [-0.2, 0) is 21.2 Å². The van der Waals surface area contributed by atoms with Gasteiger partial charge in [-0.25, -0.2) is 12.7 Å². The number of H-pyrrole nitrogens is 1. The van der Waals surface area contributed by atoms with Gasteiger partial charge in [0.2, 0.25) is 15.9 Å². The van der Waals surface area contributed by atoms with Crippen LogP contribution in [0.4, 0.5) is 0 Å². The highest BCUT2D eigenvalue weighted by Gasteiger charge is 2.37. The van der Waals surface area contributed by atoms with Crippen LogP contribution in [0.5, 0.6) is 0 Å². The summed E-state index contributed by atoms with van der Waals surface area (Å²) in [7, 11) is -0.474. The first kappa shape index (κ1) is 17.9. The van der Waals surface area contributed by atoms with E-state index in [0.717, 1.165) is 20.8 Å². The van der Waals surface area contributed by atoms with E-state index in [2.05, 4.69) is 4.98 Å². The van der Waals surface area contributed by atoms with Gasteiger partial charge in [0.05, 0.1) is 18.3 Å². The summed E-state index contributed by atoms with van der Waals surface area (Å²) in [5, 5.41) is 11.2. The smallest absolute Gasteiger partial charge is 0.227 e. The van der Waals surface area contributed by atoms with Crippen LogP contribution in [0, 0.1) is 5.92 Å². The summed E-state index contributed by atoms with van der Waals surface area (Å²) in [5.41, 5.74) is 1.88. The largest absolute Gasteiger partial charge is 0.391 e. The third-order valence-corrected chi connectivity index (χ3v) is 6.72. The predicted octanol–water partition coefficient (Wildman–Crippen LogP) is 0.421. The van der Waals surface area contributed by atoms with E-state index >= 15 is 0 Å². The number of carbonyl (C=O) groups is 1. The summed E-state index contributed by atoms with van der Waals surface area (Å²) >= 11 is 0. The number of para-hydroxylation sites is 1. The number of likely N-dealkylation sites (tertiary alicyclic amines) is 1. The molecule has 0 spiro atoms. The van der Waals surface area contributed by atoms with E-state index in [4.69, 9.17) is 0 Å². The van der Waals surface area contributed by atoms with Gasteiger partial charge in [-0.05, 0) is 11.6 Å². The van der Waals surface area contributed by atoms with Crippen molar-refractivity contribution in [2.45, 2.75) is 12.5 Å². The van der Waals surface area contributed by atoms with Crippen molar-refractivity contribution in [1.29, 1.82) is 0 Å². The SMILES string of the molecule is CN(C)S(=O)(=O)C[C@@H]1CN(C(=O)Cc2c[nH]c3ccccc23)C[C@@H]1O. The molecule has 2 aromatic rings. The average molecular weight is 365 g/mol. The van der Waals surface area contributed by atoms with Gasteiger partial charge in [-0.3, -0.25) is 4.79 Å². The van der Waals surface area contributed by atoms with Crippen molar-refractivity contribution < 1.29 is 18.3 Å². The lowest BCUT2D eigenvalue weighted by atomic mass is 10.1. The number of benzene rings is 1. The second-order valence-electron chi connectivity index (χ2n) is 6.72. The average Bonchev–Trinajstić information content (AvgIpc) is 3.12. The molecule has 0 saturated carbocycles. The van der Waals surface area contributed by atoms with Crippen LogP contribution in [0.15, 0.2) is 30.5 Å². The Morgan fingerprint density at radius 2 is 2.04 bits per heavy atom. The molecule has 0 bridgehead atoms. The summed E-state index contributed by atoms with van der Waals surface area (Å²) < 4.78 is 25.2. The second-order valence-corrected chi connectivity index (χ2v) is 8.95. The van der Waals surface area contributed by atoms with Crippen LogP contribution in [-0.4, -0.2) is 72.7 Å². The molecular weight excluding hydrogens is 342 g/mol. The van der Waals surface area contributed by atoms with Crippen LogP contribution >= 0.6 is 0 Å². The highest BCUT2D eigenvalue weighted by Crippen LogP contribution is 2.23. The highest BCUT2D eigenvalue weighted by molar-refractivity contribution is 7.89. The molecule has 1 aliphatic heterocycles. The minimum Gasteiger partial charge on any atom is -0.391 e. The van der Waals surface area contributed by atoms with Crippen molar-refractivity contribution in [2.24, 2.45) is 5.92 Å². The van der Waals surface area contributed by atoms with Gasteiger partial charge in [0, 0.05) is 50.2 Å². The molecule has 0 unspecified atom stereocenters. The van der Waals surface area contributed by atoms with Crippen molar-refractivity contribution in [1.82, 2.24) is 14.2 Å². The molecule has 7 nitrogen and oxygen atoms in total. The number of aromatic amines is 1. The van der Waals surface area contributed by atoms with E-state index in [1.54, 1.807) is 4.90 Å². The number of carbonyl (C=O) groups excluding carboxylic acids is 1. The fraction of sp³-hybridized carbons (Fsp3) is 0.471. The first-order chi connectivity index (χ1) is 11.8. The minimum atomic E-state index is -3.41. The monoisotopic (exact) mass is 365 g/mol. The summed E-state index contributed by atoms with van der Waals surface area (Å²) in [4.78, 5) is 17.3. The first-order valence-corrected chi connectivity index (χ1v) is 9.80. The van der Waals surface area contributed by atoms with Gasteiger partial charge in [0.25, 0.3) is 0 Å². The number of fused-ring (bicyclic) bond motifs is 1. The number of hydrogen-bond acceptors (Lipinski definition) is 4. The van der Waals surface area contributed by atoms with Crippen LogP contribution in [0.2, 0.25) is 0 Å². The van der Waals surface area contributed by atoms with Gasteiger partial charge in [0.1, 0.15) is 0 Å². The lowest BCUT2D eigenvalue weighted by molar-refractivity contribution is -0.129. The zero-order valence-corrected chi connectivity index (χ0v) is 15.2. The fourth-order valence-corrected chi connectivity index (χ4v) is 4.36. The number of nitrogens with zero attached hydrogens (tertiary/aromatic N) is 2. The van der Waals surface area contributed by atoms with Crippen LogP contribution in [0.1, 0.15) is 5.56 Å². The van der Waals surface area contributed by atoms with Crippen molar-refractivity contribution in [3.8, 4) is 0 Å². The van der Waals surface area contributed by atoms with Crippen LogP contribution in [0.3, 0.4) is 0 Å². The molecule has 0 aliphatic carbocycles. The van der Waals surface area contributed by atoms with E-state index < -0.39 is 22.0 Å². The number of hydrogen-bond donors (Lipinski definition) is 2. The Morgan fingerprint density at radius 3 is 2.76 bits per heavy atom. The van der Waals surface area contributed by atoms with Crippen molar-refractivity contribution in [3.05, 3.63) is 36.0 Å². The number of aliphatic hydroxyl groups is 1. The van der Waals surface area contributed by atoms with Crippen LogP contribution in [0.25, 0.3) is 10.9 Å². The maximum atomic E-state index is 12.6. The maximum absolute atomic E-state index is 12.6. The van der Waals surface area contributed by atoms with E-state index in [1.165, 1.54) is 14.1 Å². The zero-order chi connectivity index (χ0) is 18.2. The Bertz CT molecular complexity index is 875. The van der Waals surface area contributed by atoms with Crippen molar-refractivity contribution in [3.63, 3.8) is 0 Å². The molecule has 1 amide bonds. The maximum Gasteiger partial charge on any atom is 0.227 e. The Morgan fingerprint density at radius 1 is 1.32 bits per heavy atom. The number of nitrogens with one attached hydrogen (secondary N) is 1. The van der Waals surface area contributed by atoms with Crippen LogP contribution < -0.4 is 0 Å². The van der Waals surface area contributed by atoms with E-state index in [0.29, 0.717) is 0 Å². The molecule has 25 heavy (non-hydrogen) atoms. The standard InChI is InChI=1S/C17H23N3O4S/c1-19(2)25(23,24)11-13-9-20(10-16(13)21)17(22)7-12-8-18-15-6-4-3-5-14(12)15/h3-6,8,13,16,18,21H,7,9-11H2,1-2H3/t13-,16-/m0/s1. The van der Waals surface area contributed by atoms with Crippen molar-refractivity contribution >= 4 is 26.8 Å². The molecule has 1 saturated heterocycles. The molecule has 2 heterocycles. The molecule has 136 valence electrons. The molecule has 2 N–H and O–H groups in total. The van der Waals surface area contributed by atoms with Gasteiger partial charge in [-0.1, -0.05) is 18.2 Å². The Hall–Kier alpha value is -1.90. The molecule has 1 aliphatic rings. The van der Waals surface area contributed by atoms with E-state index in [9.17, 15) is 18.3 Å². The molecule has 1 aromatic carbocycles. The summed E-state index contributed by atoms with van der Waals surface area (Å²) in [6, 6.07) is 7.76. The number of amides is 1. The topological polar surface area (TPSA) is 93.7 Å². The summed E-state index contributed by atoms with van der Waals surface area (Å²) in [6.07, 6.45) is 1.23. The summed E-state index contributed by atoms with van der Waals surface area (Å²) in [6.45, 7) is 0.435. The lowest BCUT2D eigenvalue weighted by Crippen LogP contribution is -2.34. The van der Waals surface area contributed by atoms with Gasteiger partial charge in [-0.2, -0.15) is 0 Å². The van der Waals surface area contributed by atoms with E-state index in [-0.39, 0.29) is 31.2 Å². The number of aliphatic hydroxyl groups excluding tert-OH is 1. The minimum absolute atomic E-state index is 0.103. The molecule has 1 aromatic heterocycles. The Kier molecular flexibility index (Phi) is 4.86. The molecule has 2 atom stereocenters. The van der Waals surface area contributed by atoms with Gasteiger partial charge in [-0.15, -0.1) is 0 Å². The number of aromatic nitrogens is 1. The van der Waals surface area contributed by atoms with Gasteiger partial charge >= 0.3 is 0 Å². The molecule has 8 heteroatoms. The quantitative estimate of drug-likeness (QED) is 0.803. The predicted molar refractivity (Wildman–Crippen MR) is 95.6 cm³/mol. The summed E-state index contributed by atoms with van der Waals surface area (Å²) in [5.74, 6) is -0.717. The number of rotatable bonds is 5. The normalized spacial score (nSPS) is 21.4. The molecule has 1 fully saturated rings.